The van der Waals surface area contributed by atoms with Gasteiger partial charge in [-0.2, -0.15) is 0 Å². The SMILES string of the molecule is CCCNc1cncc(N(CC)Cc2ccccn2)n1. The summed E-state index contributed by atoms with van der Waals surface area (Å²) in [5, 5.41) is 3.26. The Balaban J connectivity index is 2.10. The summed E-state index contributed by atoms with van der Waals surface area (Å²) in [5.41, 5.74) is 1.03. The molecule has 2 aromatic rings. The van der Waals surface area contributed by atoms with E-state index in [0.717, 1.165) is 43.4 Å². The van der Waals surface area contributed by atoms with E-state index in [4.69, 9.17) is 0 Å². The third-order valence-corrected chi connectivity index (χ3v) is 2.96. The average molecular weight is 271 g/mol. The minimum atomic E-state index is 0.739. The Morgan fingerprint density at radius 2 is 2.10 bits per heavy atom. The first kappa shape index (κ1) is 14.2. The summed E-state index contributed by atoms with van der Waals surface area (Å²) in [7, 11) is 0. The van der Waals surface area contributed by atoms with Gasteiger partial charge in [-0.3, -0.25) is 9.97 Å². The maximum atomic E-state index is 4.60. The standard InChI is InChI=1S/C15H21N5/c1-3-8-18-14-10-16-11-15(19-14)20(4-2)12-13-7-5-6-9-17-13/h5-7,9-11H,3-4,8,12H2,1-2H3,(H,18,19). The third-order valence-electron chi connectivity index (χ3n) is 2.96. The van der Waals surface area contributed by atoms with Gasteiger partial charge >= 0.3 is 0 Å². The van der Waals surface area contributed by atoms with Crippen LogP contribution in [-0.2, 0) is 6.54 Å². The fraction of sp³-hybridized carbons (Fsp3) is 0.400. The van der Waals surface area contributed by atoms with E-state index < -0.39 is 0 Å². The summed E-state index contributed by atoms with van der Waals surface area (Å²) < 4.78 is 0. The van der Waals surface area contributed by atoms with Gasteiger partial charge in [-0.25, -0.2) is 4.98 Å². The minimum absolute atomic E-state index is 0.739. The van der Waals surface area contributed by atoms with Crippen molar-refractivity contribution in [3.8, 4) is 0 Å². The summed E-state index contributed by atoms with van der Waals surface area (Å²) in [4.78, 5) is 15.4. The molecule has 2 aromatic heterocycles. The van der Waals surface area contributed by atoms with E-state index in [1.54, 1.807) is 12.4 Å². The lowest BCUT2D eigenvalue weighted by atomic mass is 10.3. The molecule has 0 aliphatic heterocycles. The van der Waals surface area contributed by atoms with Crippen LogP contribution in [0.1, 0.15) is 26.0 Å². The quantitative estimate of drug-likeness (QED) is 0.839. The summed E-state index contributed by atoms with van der Waals surface area (Å²) in [6.07, 6.45) is 6.43. The molecule has 0 atom stereocenters. The molecular weight excluding hydrogens is 250 g/mol. The van der Waals surface area contributed by atoms with Crippen molar-refractivity contribution in [3.05, 3.63) is 42.5 Å². The van der Waals surface area contributed by atoms with E-state index in [1.807, 2.05) is 24.4 Å². The van der Waals surface area contributed by atoms with E-state index in [9.17, 15) is 0 Å². The molecule has 0 aliphatic rings. The topological polar surface area (TPSA) is 53.9 Å². The van der Waals surface area contributed by atoms with Gasteiger partial charge in [0.15, 0.2) is 0 Å². The van der Waals surface area contributed by atoms with Gasteiger partial charge in [0.25, 0.3) is 0 Å². The van der Waals surface area contributed by atoms with Crippen LogP contribution in [0.15, 0.2) is 36.8 Å². The molecule has 2 rings (SSSR count). The molecule has 0 saturated carbocycles. The molecular formula is C15H21N5. The van der Waals surface area contributed by atoms with Gasteiger partial charge < -0.3 is 10.2 Å². The van der Waals surface area contributed by atoms with E-state index in [1.165, 1.54) is 0 Å². The third kappa shape index (κ3) is 3.91. The Morgan fingerprint density at radius 3 is 2.80 bits per heavy atom. The number of aromatic nitrogens is 3. The van der Waals surface area contributed by atoms with Gasteiger partial charge in [-0.15, -0.1) is 0 Å². The molecule has 0 saturated heterocycles. The molecule has 0 fully saturated rings. The average Bonchev–Trinajstić information content (AvgIpc) is 2.52. The molecule has 5 heteroatoms. The molecule has 2 heterocycles. The molecule has 5 nitrogen and oxygen atoms in total. The van der Waals surface area contributed by atoms with Crippen LogP contribution in [0.2, 0.25) is 0 Å². The van der Waals surface area contributed by atoms with E-state index in [-0.39, 0.29) is 0 Å². The summed E-state index contributed by atoms with van der Waals surface area (Å²) in [5.74, 6) is 1.70. The lowest BCUT2D eigenvalue weighted by Gasteiger charge is -2.21. The van der Waals surface area contributed by atoms with Crippen LogP contribution in [0.4, 0.5) is 11.6 Å². The first-order valence-electron chi connectivity index (χ1n) is 7.04. The highest BCUT2D eigenvalue weighted by molar-refractivity contribution is 5.44. The van der Waals surface area contributed by atoms with Crippen molar-refractivity contribution < 1.29 is 0 Å². The minimum Gasteiger partial charge on any atom is -0.369 e. The smallest absolute Gasteiger partial charge is 0.149 e. The van der Waals surface area contributed by atoms with Gasteiger partial charge in [0, 0.05) is 19.3 Å². The molecule has 0 bridgehead atoms. The fourth-order valence-corrected chi connectivity index (χ4v) is 1.89. The molecule has 0 aromatic carbocycles. The van der Waals surface area contributed by atoms with E-state index in [0.29, 0.717) is 0 Å². The largest absolute Gasteiger partial charge is 0.369 e. The molecule has 20 heavy (non-hydrogen) atoms. The van der Waals surface area contributed by atoms with Crippen molar-refractivity contribution in [2.75, 3.05) is 23.3 Å². The summed E-state index contributed by atoms with van der Waals surface area (Å²) in [6.45, 7) is 6.75. The molecule has 0 unspecified atom stereocenters. The number of pyridine rings is 1. The van der Waals surface area contributed by atoms with Crippen molar-refractivity contribution in [1.29, 1.82) is 0 Å². The van der Waals surface area contributed by atoms with E-state index in [2.05, 4.69) is 39.0 Å². The van der Waals surface area contributed by atoms with Crippen LogP contribution >= 0.6 is 0 Å². The van der Waals surface area contributed by atoms with Crippen LogP contribution in [-0.4, -0.2) is 28.0 Å². The second-order valence-corrected chi connectivity index (χ2v) is 4.52. The number of nitrogens with zero attached hydrogens (tertiary/aromatic N) is 4. The Bertz CT molecular complexity index is 515. The van der Waals surface area contributed by atoms with Gasteiger partial charge in [0.1, 0.15) is 11.6 Å². The maximum Gasteiger partial charge on any atom is 0.149 e. The van der Waals surface area contributed by atoms with Crippen molar-refractivity contribution in [3.63, 3.8) is 0 Å². The van der Waals surface area contributed by atoms with Crippen molar-refractivity contribution in [2.24, 2.45) is 0 Å². The lowest BCUT2D eigenvalue weighted by molar-refractivity contribution is 0.789. The Hall–Kier alpha value is -2.17. The Morgan fingerprint density at radius 1 is 1.20 bits per heavy atom. The lowest BCUT2D eigenvalue weighted by Crippen LogP contribution is -2.24. The Labute approximate surface area is 120 Å². The van der Waals surface area contributed by atoms with Gasteiger partial charge in [0.05, 0.1) is 24.6 Å². The molecule has 1 N–H and O–H groups in total. The number of anilines is 2. The number of rotatable bonds is 7. The molecule has 0 spiro atoms. The second kappa shape index (κ2) is 7.43. The van der Waals surface area contributed by atoms with Crippen LogP contribution in [0.25, 0.3) is 0 Å². The fourth-order valence-electron chi connectivity index (χ4n) is 1.89. The maximum absolute atomic E-state index is 4.60. The van der Waals surface area contributed by atoms with Crippen molar-refractivity contribution in [1.82, 2.24) is 15.0 Å². The molecule has 106 valence electrons. The Kier molecular flexibility index (Phi) is 5.29. The van der Waals surface area contributed by atoms with Crippen LogP contribution in [0.5, 0.6) is 0 Å². The number of hydrogen-bond donors (Lipinski definition) is 1. The summed E-state index contributed by atoms with van der Waals surface area (Å²) in [6, 6.07) is 5.95. The van der Waals surface area contributed by atoms with E-state index >= 15 is 0 Å². The van der Waals surface area contributed by atoms with Crippen molar-refractivity contribution in [2.45, 2.75) is 26.8 Å². The van der Waals surface area contributed by atoms with Crippen LogP contribution in [0.3, 0.4) is 0 Å². The first-order chi connectivity index (χ1) is 9.83. The highest BCUT2D eigenvalue weighted by Crippen LogP contribution is 2.14. The van der Waals surface area contributed by atoms with Gasteiger partial charge in [-0.05, 0) is 25.5 Å². The van der Waals surface area contributed by atoms with Crippen molar-refractivity contribution >= 4 is 11.6 Å². The highest BCUT2D eigenvalue weighted by atomic mass is 15.2. The normalized spacial score (nSPS) is 10.3. The monoisotopic (exact) mass is 271 g/mol. The second-order valence-electron chi connectivity index (χ2n) is 4.52. The predicted molar refractivity (Wildman–Crippen MR) is 81.8 cm³/mol. The van der Waals surface area contributed by atoms with Crippen LogP contribution < -0.4 is 10.2 Å². The number of nitrogens with one attached hydrogen (secondary N) is 1. The molecule has 0 aliphatic carbocycles. The predicted octanol–water partition coefficient (Wildman–Crippen LogP) is 2.72. The zero-order valence-corrected chi connectivity index (χ0v) is 12.1. The zero-order chi connectivity index (χ0) is 14.2. The first-order valence-corrected chi connectivity index (χ1v) is 7.04. The summed E-state index contributed by atoms with van der Waals surface area (Å²) >= 11 is 0. The highest BCUT2D eigenvalue weighted by Gasteiger charge is 2.08. The number of hydrogen-bond acceptors (Lipinski definition) is 5. The van der Waals surface area contributed by atoms with Gasteiger partial charge in [-0.1, -0.05) is 13.0 Å². The zero-order valence-electron chi connectivity index (χ0n) is 12.1. The molecule has 0 radical (unpaired) electrons. The van der Waals surface area contributed by atoms with Gasteiger partial charge in [0.2, 0.25) is 0 Å². The molecule has 0 amide bonds. The van der Waals surface area contributed by atoms with Crippen LogP contribution in [0, 0.1) is 0 Å².